The van der Waals surface area contributed by atoms with Gasteiger partial charge in [-0.15, -0.1) is 11.3 Å². The first-order valence-electron chi connectivity index (χ1n) is 7.07. The summed E-state index contributed by atoms with van der Waals surface area (Å²) in [6.07, 6.45) is 1.63. The van der Waals surface area contributed by atoms with Gasteiger partial charge in [0.2, 0.25) is 5.88 Å². The molecule has 2 aromatic heterocycles. The Bertz CT molecular complexity index is 805. The summed E-state index contributed by atoms with van der Waals surface area (Å²) in [6.45, 7) is 4.07. The molecule has 3 aromatic rings. The second kappa shape index (κ2) is 6.26. The third-order valence-electron chi connectivity index (χ3n) is 3.45. The number of hydrogen-bond acceptors (Lipinski definition) is 6. The molecule has 0 bridgehead atoms. The van der Waals surface area contributed by atoms with Gasteiger partial charge in [0.15, 0.2) is 5.13 Å². The van der Waals surface area contributed by atoms with E-state index in [1.165, 1.54) is 11.3 Å². The molecule has 0 saturated heterocycles. The summed E-state index contributed by atoms with van der Waals surface area (Å²) in [5.41, 5.74) is 9.89. The van der Waals surface area contributed by atoms with Crippen molar-refractivity contribution < 1.29 is 9.47 Å². The molecular weight excluding hydrogens is 310 g/mol. The van der Waals surface area contributed by atoms with Gasteiger partial charge >= 0.3 is 0 Å². The van der Waals surface area contributed by atoms with Crippen LogP contribution in [-0.2, 0) is 0 Å². The van der Waals surface area contributed by atoms with E-state index in [1.54, 1.807) is 19.4 Å². The first kappa shape index (κ1) is 15.3. The normalized spacial score (nSPS) is 10.6. The van der Waals surface area contributed by atoms with Crippen molar-refractivity contribution in [1.82, 2.24) is 9.97 Å². The molecule has 0 atom stereocenters. The van der Waals surface area contributed by atoms with Crippen LogP contribution in [0.25, 0.3) is 11.3 Å². The SMILES string of the molecule is COc1ccc(Oc2cc(C)c(-c3csc(N)n3)c(C)c2)nc1. The highest BCUT2D eigenvalue weighted by molar-refractivity contribution is 7.13. The Hall–Kier alpha value is -2.60. The number of aryl methyl sites for hydroxylation is 2. The minimum absolute atomic E-state index is 0.523. The molecule has 0 fully saturated rings. The van der Waals surface area contributed by atoms with Gasteiger partial charge in [-0.1, -0.05) is 0 Å². The Balaban J connectivity index is 1.89. The lowest BCUT2D eigenvalue weighted by atomic mass is 10.0. The Morgan fingerprint density at radius 3 is 2.35 bits per heavy atom. The molecule has 2 N–H and O–H groups in total. The van der Waals surface area contributed by atoms with Crippen LogP contribution in [0.2, 0.25) is 0 Å². The number of pyridine rings is 1. The monoisotopic (exact) mass is 327 g/mol. The van der Waals surface area contributed by atoms with E-state index in [2.05, 4.69) is 9.97 Å². The molecule has 0 radical (unpaired) electrons. The van der Waals surface area contributed by atoms with Gasteiger partial charge in [0.05, 0.1) is 19.0 Å². The number of rotatable bonds is 4. The number of anilines is 1. The van der Waals surface area contributed by atoms with E-state index >= 15 is 0 Å². The van der Waals surface area contributed by atoms with Crippen molar-refractivity contribution in [3.63, 3.8) is 0 Å². The summed E-state index contributed by atoms with van der Waals surface area (Å²) >= 11 is 1.44. The van der Waals surface area contributed by atoms with Crippen LogP contribution in [0.3, 0.4) is 0 Å². The number of hydrogen-bond donors (Lipinski definition) is 1. The molecule has 5 nitrogen and oxygen atoms in total. The molecule has 0 spiro atoms. The molecule has 3 rings (SSSR count). The Morgan fingerprint density at radius 2 is 1.83 bits per heavy atom. The first-order chi connectivity index (χ1) is 11.1. The van der Waals surface area contributed by atoms with Crippen molar-refractivity contribution in [3.05, 3.63) is 47.0 Å². The number of thiazole rings is 1. The largest absolute Gasteiger partial charge is 0.495 e. The van der Waals surface area contributed by atoms with Gasteiger partial charge in [-0.3, -0.25) is 0 Å². The molecule has 0 aliphatic heterocycles. The molecule has 0 amide bonds. The van der Waals surface area contributed by atoms with Crippen molar-refractivity contribution in [3.8, 4) is 28.6 Å². The van der Waals surface area contributed by atoms with E-state index in [0.717, 1.165) is 28.1 Å². The fourth-order valence-corrected chi connectivity index (χ4v) is 3.01. The predicted molar refractivity (Wildman–Crippen MR) is 92.3 cm³/mol. The number of nitrogens with zero attached hydrogens (tertiary/aromatic N) is 2. The van der Waals surface area contributed by atoms with Gasteiger partial charge in [0.1, 0.15) is 11.5 Å². The van der Waals surface area contributed by atoms with Crippen LogP contribution in [0, 0.1) is 13.8 Å². The summed E-state index contributed by atoms with van der Waals surface area (Å²) in [4.78, 5) is 8.58. The van der Waals surface area contributed by atoms with Crippen LogP contribution < -0.4 is 15.2 Å². The molecule has 0 saturated carbocycles. The number of nitrogen functional groups attached to an aromatic ring is 1. The summed E-state index contributed by atoms with van der Waals surface area (Å²) in [7, 11) is 1.61. The third-order valence-corrected chi connectivity index (χ3v) is 4.13. The zero-order valence-corrected chi connectivity index (χ0v) is 14.0. The van der Waals surface area contributed by atoms with Crippen molar-refractivity contribution >= 4 is 16.5 Å². The highest BCUT2D eigenvalue weighted by Crippen LogP contribution is 2.33. The van der Waals surface area contributed by atoms with E-state index < -0.39 is 0 Å². The van der Waals surface area contributed by atoms with Crippen molar-refractivity contribution in [2.45, 2.75) is 13.8 Å². The molecule has 118 valence electrons. The van der Waals surface area contributed by atoms with Crippen molar-refractivity contribution in [1.29, 1.82) is 0 Å². The molecule has 0 unspecified atom stereocenters. The quantitative estimate of drug-likeness (QED) is 0.777. The molecule has 23 heavy (non-hydrogen) atoms. The van der Waals surface area contributed by atoms with Crippen LogP contribution in [0.4, 0.5) is 5.13 Å². The van der Waals surface area contributed by atoms with E-state index in [4.69, 9.17) is 15.2 Å². The number of methoxy groups -OCH3 is 1. The van der Waals surface area contributed by atoms with Gasteiger partial charge in [0, 0.05) is 17.0 Å². The van der Waals surface area contributed by atoms with E-state index in [-0.39, 0.29) is 0 Å². The van der Waals surface area contributed by atoms with Gasteiger partial charge < -0.3 is 15.2 Å². The summed E-state index contributed by atoms with van der Waals surface area (Å²) in [5.74, 6) is 1.96. The van der Waals surface area contributed by atoms with Crippen molar-refractivity contribution in [2.75, 3.05) is 12.8 Å². The van der Waals surface area contributed by atoms with E-state index in [0.29, 0.717) is 16.8 Å². The Morgan fingerprint density at radius 1 is 1.09 bits per heavy atom. The summed E-state index contributed by atoms with van der Waals surface area (Å²) in [6, 6.07) is 7.54. The minimum atomic E-state index is 0.523. The van der Waals surface area contributed by atoms with E-state index in [1.807, 2.05) is 37.4 Å². The van der Waals surface area contributed by atoms with Gasteiger partial charge in [-0.05, 0) is 43.2 Å². The van der Waals surface area contributed by atoms with Crippen LogP contribution in [0.5, 0.6) is 17.4 Å². The molecule has 0 aliphatic rings. The number of aromatic nitrogens is 2. The average molecular weight is 327 g/mol. The molecular formula is C17H17N3O2S. The zero-order valence-electron chi connectivity index (χ0n) is 13.2. The van der Waals surface area contributed by atoms with Crippen LogP contribution in [-0.4, -0.2) is 17.1 Å². The zero-order chi connectivity index (χ0) is 16.4. The first-order valence-corrected chi connectivity index (χ1v) is 7.95. The highest BCUT2D eigenvalue weighted by atomic mass is 32.1. The van der Waals surface area contributed by atoms with E-state index in [9.17, 15) is 0 Å². The number of nitrogens with two attached hydrogens (primary N) is 1. The predicted octanol–water partition coefficient (Wildman–Crippen LogP) is 4.21. The smallest absolute Gasteiger partial charge is 0.219 e. The number of ether oxygens (including phenoxy) is 2. The van der Waals surface area contributed by atoms with Crippen LogP contribution in [0.1, 0.15) is 11.1 Å². The van der Waals surface area contributed by atoms with Gasteiger partial charge in [-0.25, -0.2) is 9.97 Å². The molecule has 1 aromatic carbocycles. The average Bonchev–Trinajstić information content (AvgIpc) is 2.93. The maximum Gasteiger partial charge on any atom is 0.219 e. The topological polar surface area (TPSA) is 70.3 Å². The lowest BCUT2D eigenvalue weighted by Gasteiger charge is -2.12. The van der Waals surface area contributed by atoms with Crippen molar-refractivity contribution in [2.24, 2.45) is 0 Å². The number of benzene rings is 1. The van der Waals surface area contributed by atoms with Crippen LogP contribution in [0.15, 0.2) is 35.8 Å². The lowest BCUT2D eigenvalue weighted by Crippen LogP contribution is -1.94. The standard InChI is InChI=1S/C17H17N3O2S/c1-10-6-13(22-15-5-4-12(21-3)8-19-15)7-11(2)16(10)14-9-23-17(18)20-14/h4-9H,1-3H3,(H2,18,20). The maximum absolute atomic E-state index is 5.83. The second-order valence-electron chi connectivity index (χ2n) is 5.14. The molecule has 0 aliphatic carbocycles. The minimum Gasteiger partial charge on any atom is -0.495 e. The maximum atomic E-state index is 5.83. The Labute approximate surface area is 138 Å². The molecule has 6 heteroatoms. The second-order valence-corrected chi connectivity index (χ2v) is 6.03. The van der Waals surface area contributed by atoms with Crippen LogP contribution >= 0.6 is 11.3 Å². The fraction of sp³-hybridized carbons (Fsp3) is 0.176. The lowest BCUT2D eigenvalue weighted by molar-refractivity contribution is 0.407. The fourth-order valence-electron chi connectivity index (χ4n) is 2.46. The molecule has 2 heterocycles. The summed E-state index contributed by atoms with van der Waals surface area (Å²) < 4.78 is 10.9. The van der Waals surface area contributed by atoms with Gasteiger partial charge in [0.25, 0.3) is 0 Å². The Kier molecular flexibility index (Phi) is 4.16. The van der Waals surface area contributed by atoms with Gasteiger partial charge in [-0.2, -0.15) is 0 Å². The highest BCUT2D eigenvalue weighted by Gasteiger charge is 2.12. The summed E-state index contributed by atoms with van der Waals surface area (Å²) in [5, 5.41) is 2.54. The third kappa shape index (κ3) is 3.27.